The third-order valence-corrected chi connectivity index (χ3v) is 4.97. The number of aryl methyl sites for hydroxylation is 1. The van der Waals surface area contributed by atoms with Gasteiger partial charge in [0.2, 0.25) is 0 Å². The minimum Gasteiger partial charge on any atom is -0.493 e. The Bertz CT molecular complexity index is 895. The summed E-state index contributed by atoms with van der Waals surface area (Å²) in [6.45, 7) is 3.22. The Balaban J connectivity index is 1.70. The second kappa shape index (κ2) is 9.16. The van der Waals surface area contributed by atoms with Crippen LogP contribution in [0.3, 0.4) is 0 Å². The SMILES string of the molecule is COc1cc(CNc2ccc(Cl)cc2)cc(Br)c1OCc1ccc(C)cc1. The van der Waals surface area contributed by atoms with E-state index in [0.717, 1.165) is 26.3 Å². The van der Waals surface area contributed by atoms with E-state index in [2.05, 4.69) is 52.4 Å². The van der Waals surface area contributed by atoms with Gasteiger partial charge in [-0.05, 0) is 70.4 Å². The molecule has 0 radical (unpaired) electrons. The Morgan fingerprint density at radius 3 is 2.33 bits per heavy atom. The van der Waals surface area contributed by atoms with E-state index in [0.29, 0.717) is 24.7 Å². The molecule has 0 aliphatic rings. The molecule has 3 aromatic rings. The second-order valence-corrected chi connectivity index (χ2v) is 7.53. The highest BCUT2D eigenvalue weighted by molar-refractivity contribution is 9.10. The minimum atomic E-state index is 0.484. The molecular formula is C22H21BrClNO2. The summed E-state index contributed by atoms with van der Waals surface area (Å²) < 4.78 is 12.4. The lowest BCUT2D eigenvalue weighted by atomic mass is 10.1. The van der Waals surface area contributed by atoms with Crippen LogP contribution in [0, 0.1) is 6.92 Å². The average Bonchev–Trinajstić information content (AvgIpc) is 2.67. The van der Waals surface area contributed by atoms with Gasteiger partial charge >= 0.3 is 0 Å². The van der Waals surface area contributed by atoms with E-state index in [1.165, 1.54) is 5.56 Å². The van der Waals surface area contributed by atoms with Crippen molar-refractivity contribution < 1.29 is 9.47 Å². The number of methoxy groups -OCH3 is 1. The van der Waals surface area contributed by atoms with Crippen LogP contribution in [0.4, 0.5) is 5.69 Å². The fourth-order valence-electron chi connectivity index (χ4n) is 2.63. The zero-order valence-electron chi connectivity index (χ0n) is 15.3. The summed E-state index contributed by atoms with van der Waals surface area (Å²) in [7, 11) is 1.65. The number of hydrogen-bond acceptors (Lipinski definition) is 3. The Labute approximate surface area is 173 Å². The number of hydrogen-bond donors (Lipinski definition) is 1. The van der Waals surface area contributed by atoms with E-state index >= 15 is 0 Å². The van der Waals surface area contributed by atoms with Crippen LogP contribution in [0.2, 0.25) is 5.02 Å². The normalized spacial score (nSPS) is 10.5. The summed E-state index contributed by atoms with van der Waals surface area (Å²) in [6, 6.07) is 20.0. The van der Waals surface area contributed by atoms with Crippen LogP contribution >= 0.6 is 27.5 Å². The van der Waals surface area contributed by atoms with Gasteiger partial charge in [0, 0.05) is 17.3 Å². The van der Waals surface area contributed by atoms with E-state index in [1.54, 1.807) is 7.11 Å². The molecule has 3 aromatic carbocycles. The van der Waals surface area contributed by atoms with Crippen LogP contribution in [-0.4, -0.2) is 7.11 Å². The van der Waals surface area contributed by atoms with Crippen LogP contribution in [-0.2, 0) is 13.2 Å². The first-order valence-corrected chi connectivity index (χ1v) is 9.76. The number of anilines is 1. The Kier molecular flexibility index (Phi) is 6.64. The van der Waals surface area contributed by atoms with E-state index in [1.807, 2.05) is 36.4 Å². The lowest BCUT2D eigenvalue weighted by Crippen LogP contribution is -2.02. The van der Waals surface area contributed by atoms with E-state index < -0.39 is 0 Å². The van der Waals surface area contributed by atoms with Crippen molar-refractivity contribution >= 4 is 33.2 Å². The Morgan fingerprint density at radius 2 is 1.67 bits per heavy atom. The summed E-state index contributed by atoms with van der Waals surface area (Å²) in [6.07, 6.45) is 0. The van der Waals surface area contributed by atoms with Gasteiger partial charge in [-0.25, -0.2) is 0 Å². The predicted molar refractivity (Wildman–Crippen MR) is 115 cm³/mol. The van der Waals surface area contributed by atoms with Crippen molar-refractivity contribution in [3.63, 3.8) is 0 Å². The van der Waals surface area contributed by atoms with Crippen molar-refractivity contribution in [3.8, 4) is 11.5 Å². The summed E-state index contributed by atoms with van der Waals surface area (Å²) in [4.78, 5) is 0. The smallest absolute Gasteiger partial charge is 0.175 e. The largest absolute Gasteiger partial charge is 0.493 e. The highest BCUT2D eigenvalue weighted by Gasteiger charge is 2.12. The molecule has 0 amide bonds. The molecule has 0 saturated carbocycles. The Hall–Kier alpha value is -2.17. The van der Waals surface area contributed by atoms with Crippen LogP contribution < -0.4 is 14.8 Å². The first-order valence-electron chi connectivity index (χ1n) is 8.59. The van der Waals surface area contributed by atoms with Crippen LogP contribution in [0.1, 0.15) is 16.7 Å². The molecule has 0 bridgehead atoms. The molecular weight excluding hydrogens is 426 g/mol. The summed E-state index contributed by atoms with van der Waals surface area (Å²) in [5.41, 5.74) is 4.43. The lowest BCUT2D eigenvalue weighted by molar-refractivity contribution is 0.282. The maximum atomic E-state index is 6.01. The molecule has 3 nitrogen and oxygen atoms in total. The molecule has 0 heterocycles. The van der Waals surface area contributed by atoms with Gasteiger partial charge in [0.1, 0.15) is 6.61 Å². The van der Waals surface area contributed by atoms with Gasteiger partial charge in [-0.2, -0.15) is 0 Å². The van der Waals surface area contributed by atoms with Crippen molar-refractivity contribution in [3.05, 3.63) is 86.8 Å². The third kappa shape index (κ3) is 5.41. The molecule has 0 aliphatic heterocycles. The first-order chi connectivity index (χ1) is 13.0. The van der Waals surface area contributed by atoms with Crippen molar-refractivity contribution in [2.75, 3.05) is 12.4 Å². The Morgan fingerprint density at radius 1 is 0.963 bits per heavy atom. The molecule has 0 fully saturated rings. The molecule has 1 N–H and O–H groups in total. The third-order valence-electron chi connectivity index (χ3n) is 4.13. The average molecular weight is 447 g/mol. The van der Waals surface area contributed by atoms with Gasteiger partial charge in [0.05, 0.1) is 11.6 Å². The number of nitrogens with one attached hydrogen (secondary N) is 1. The fraction of sp³-hybridized carbons (Fsp3) is 0.182. The van der Waals surface area contributed by atoms with Gasteiger partial charge in [0.25, 0.3) is 0 Å². The van der Waals surface area contributed by atoms with Crippen LogP contribution in [0.15, 0.2) is 65.1 Å². The molecule has 140 valence electrons. The van der Waals surface area contributed by atoms with Crippen molar-refractivity contribution in [1.29, 1.82) is 0 Å². The molecule has 0 aromatic heterocycles. The van der Waals surface area contributed by atoms with Gasteiger partial charge < -0.3 is 14.8 Å². The van der Waals surface area contributed by atoms with Gasteiger partial charge in [-0.3, -0.25) is 0 Å². The predicted octanol–water partition coefficient (Wildman–Crippen LogP) is 6.61. The van der Waals surface area contributed by atoms with Gasteiger partial charge in [-0.1, -0.05) is 41.4 Å². The van der Waals surface area contributed by atoms with Crippen molar-refractivity contribution in [2.45, 2.75) is 20.1 Å². The molecule has 0 spiro atoms. The standard InChI is InChI=1S/C22H21BrClNO2/c1-15-3-5-16(6-4-15)14-27-22-20(23)11-17(12-21(22)26-2)13-25-19-9-7-18(24)8-10-19/h3-12,25H,13-14H2,1-2H3. The molecule has 0 atom stereocenters. The molecule has 27 heavy (non-hydrogen) atoms. The molecule has 3 rings (SSSR count). The molecule has 0 aliphatic carbocycles. The van der Waals surface area contributed by atoms with E-state index in [9.17, 15) is 0 Å². The maximum absolute atomic E-state index is 6.01. The number of halogens is 2. The highest BCUT2D eigenvalue weighted by atomic mass is 79.9. The molecule has 5 heteroatoms. The summed E-state index contributed by atoms with van der Waals surface area (Å²) >= 11 is 9.53. The minimum absolute atomic E-state index is 0.484. The van der Waals surface area contributed by atoms with Crippen LogP contribution in [0.25, 0.3) is 0 Å². The monoisotopic (exact) mass is 445 g/mol. The molecule has 0 unspecified atom stereocenters. The van der Waals surface area contributed by atoms with Crippen molar-refractivity contribution in [2.24, 2.45) is 0 Å². The lowest BCUT2D eigenvalue weighted by Gasteiger charge is -2.15. The summed E-state index contributed by atoms with van der Waals surface area (Å²) in [5, 5.41) is 4.10. The van der Waals surface area contributed by atoms with E-state index in [-0.39, 0.29) is 0 Å². The van der Waals surface area contributed by atoms with Gasteiger partial charge in [0.15, 0.2) is 11.5 Å². The fourth-order valence-corrected chi connectivity index (χ4v) is 3.36. The quantitative estimate of drug-likeness (QED) is 0.443. The van der Waals surface area contributed by atoms with Gasteiger partial charge in [-0.15, -0.1) is 0 Å². The number of rotatable bonds is 7. The number of ether oxygens (including phenoxy) is 2. The van der Waals surface area contributed by atoms with Crippen LogP contribution in [0.5, 0.6) is 11.5 Å². The summed E-state index contributed by atoms with van der Waals surface area (Å²) in [5.74, 6) is 1.40. The first kappa shape index (κ1) is 19.6. The van der Waals surface area contributed by atoms with E-state index in [4.69, 9.17) is 21.1 Å². The highest BCUT2D eigenvalue weighted by Crippen LogP contribution is 2.37. The number of benzene rings is 3. The zero-order valence-corrected chi connectivity index (χ0v) is 17.6. The second-order valence-electron chi connectivity index (χ2n) is 6.24. The maximum Gasteiger partial charge on any atom is 0.175 e. The van der Waals surface area contributed by atoms with Crippen molar-refractivity contribution in [1.82, 2.24) is 0 Å². The molecule has 0 saturated heterocycles. The zero-order chi connectivity index (χ0) is 19.2. The topological polar surface area (TPSA) is 30.5 Å².